The van der Waals surface area contributed by atoms with Gasteiger partial charge in [0.2, 0.25) is 0 Å². The van der Waals surface area contributed by atoms with Crippen molar-refractivity contribution in [2.75, 3.05) is 0 Å². The van der Waals surface area contributed by atoms with Crippen LogP contribution < -0.4 is 0 Å². The number of pyridine rings is 3. The fourth-order valence-electron chi connectivity index (χ4n) is 8.24. The molecule has 0 aliphatic carbocycles. The molecule has 10 rings (SSSR count). The van der Waals surface area contributed by atoms with Crippen LogP contribution in [0.25, 0.3) is 66.8 Å². The normalized spacial score (nSPS) is 16.4. The second-order valence-electron chi connectivity index (χ2n) is 17.4. The van der Waals surface area contributed by atoms with E-state index in [2.05, 4.69) is 15.0 Å². The Morgan fingerprint density at radius 1 is 0.529 bits per heavy atom. The molecule has 6 heteroatoms. The highest BCUT2D eigenvalue weighted by Gasteiger charge is 2.26. The molecule has 0 aliphatic rings. The van der Waals surface area contributed by atoms with Gasteiger partial charge < -0.3 is 4.42 Å². The van der Waals surface area contributed by atoms with Crippen molar-refractivity contribution in [1.82, 2.24) is 15.0 Å². The van der Waals surface area contributed by atoms with Crippen LogP contribution in [0, 0.1) is 18.5 Å². The van der Waals surface area contributed by atoms with Crippen molar-refractivity contribution in [3.8, 4) is 44.9 Å². The summed E-state index contributed by atoms with van der Waals surface area (Å²) in [7, 11) is 0. The Kier molecular flexibility index (Phi) is 7.85. The summed E-state index contributed by atoms with van der Waals surface area (Å²) >= 11 is 0. The predicted octanol–water partition coefficient (Wildman–Crippen LogP) is 15.9. The highest BCUT2D eigenvalue weighted by atomic mass is 19.1. The van der Waals surface area contributed by atoms with Gasteiger partial charge in [0, 0.05) is 72.8 Å². The van der Waals surface area contributed by atoms with Gasteiger partial charge in [-0.05, 0) is 107 Å². The van der Waals surface area contributed by atoms with E-state index in [4.69, 9.17) is 15.4 Å². The number of hydrogen-bond donors (Lipinski definition) is 0. The van der Waals surface area contributed by atoms with Crippen LogP contribution in [0.1, 0.15) is 88.6 Å². The van der Waals surface area contributed by atoms with Crippen molar-refractivity contribution in [3.05, 3.63) is 233 Å². The molecule has 0 radical (unpaired) electrons. The molecule has 0 aliphatic heterocycles. The summed E-state index contributed by atoms with van der Waals surface area (Å²) in [5, 5.41) is 0.260. The van der Waals surface area contributed by atoms with Crippen LogP contribution in [0.4, 0.5) is 8.78 Å². The van der Waals surface area contributed by atoms with Crippen LogP contribution in [0.15, 0.2) is 187 Å². The topological polar surface area (TPSA) is 51.8 Å². The Balaban J connectivity index is 1.08. The summed E-state index contributed by atoms with van der Waals surface area (Å²) in [5.41, 5.74) is -3.70. The third-order valence-corrected chi connectivity index (χ3v) is 11.8. The zero-order chi connectivity index (χ0) is 61.0. The number of para-hydroxylation sites is 1. The van der Waals surface area contributed by atoms with Gasteiger partial charge in [0.1, 0.15) is 22.8 Å². The number of halogens is 2. The Morgan fingerprint density at radius 2 is 1.10 bits per heavy atom. The number of rotatable bonds is 13. The zero-order valence-electron chi connectivity index (χ0n) is 53.4. The predicted molar refractivity (Wildman–Crippen MR) is 274 cm³/mol. The molecule has 0 fully saturated rings. The van der Waals surface area contributed by atoms with E-state index in [-0.39, 0.29) is 44.3 Å². The van der Waals surface area contributed by atoms with E-state index in [1.165, 1.54) is 24.3 Å². The summed E-state index contributed by atoms with van der Waals surface area (Å²) in [6.07, 6.45) is -7.62. The lowest BCUT2D eigenvalue weighted by molar-refractivity contribution is 0.512. The van der Waals surface area contributed by atoms with Crippen LogP contribution in [0.3, 0.4) is 0 Å². The molecule has 0 unspecified atom stereocenters. The van der Waals surface area contributed by atoms with Gasteiger partial charge in [-0.15, -0.1) is 0 Å². The zero-order valence-corrected chi connectivity index (χ0v) is 37.4. The van der Waals surface area contributed by atoms with Crippen LogP contribution in [-0.4, -0.2) is 15.0 Å². The van der Waals surface area contributed by atoms with Gasteiger partial charge in [-0.2, -0.15) is 0 Å². The van der Waals surface area contributed by atoms with Crippen molar-refractivity contribution >= 4 is 21.9 Å². The average Bonchev–Trinajstić information content (AvgIpc) is 1.24. The fraction of sp³-hybridized carbons (Fsp3) is 0.177. The van der Waals surface area contributed by atoms with Gasteiger partial charge >= 0.3 is 0 Å². The van der Waals surface area contributed by atoms with Gasteiger partial charge in [-0.3, -0.25) is 15.0 Å². The Morgan fingerprint density at radius 3 is 1.66 bits per heavy atom. The third-order valence-electron chi connectivity index (χ3n) is 11.8. The smallest absolute Gasteiger partial charge is 0.146 e. The van der Waals surface area contributed by atoms with Crippen LogP contribution in [0.2, 0.25) is 0 Å². The molecule has 0 saturated carbocycles. The molecule has 0 spiro atoms. The van der Waals surface area contributed by atoms with E-state index in [0.29, 0.717) is 22.5 Å². The molecule has 0 N–H and O–H groups in total. The number of fused-ring (bicyclic) bond motifs is 3. The number of hydrogen-bond acceptors (Lipinski definition) is 4. The Labute approximate surface area is 419 Å². The van der Waals surface area contributed by atoms with Gasteiger partial charge in [0.25, 0.3) is 0 Å². The second kappa shape index (κ2) is 18.3. The fourth-order valence-corrected chi connectivity index (χ4v) is 8.24. The molecule has 68 heavy (non-hydrogen) atoms. The first-order valence-corrected chi connectivity index (χ1v) is 21.9. The van der Waals surface area contributed by atoms with E-state index in [0.717, 1.165) is 41.6 Å². The largest absolute Gasteiger partial charge is 0.455 e. The summed E-state index contributed by atoms with van der Waals surface area (Å²) in [6.45, 7) is 3.47. The lowest BCUT2D eigenvalue weighted by Crippen LogP contribution is -2.23. The first-order valence-electron chi connectivity index (χ1n) is 29.9. The highest BCUT2D eigenvalue weighted by Crippen LogP contribution is 2.41. The molecule has 10 aromatic rings. The van der Waals surface area contributed by atoms with Gasteiger partial charge in [-0.25, -0.2) is 8.78 Å². The second-order valence-corrected chi connectivity index (χ2v) is 17.4. The first-order chi connectivity index (χ1) is 39.2. The molecule has 0 amide bonds. The summed E-state index contributed by atoms with van der Waals surface area (Å²) in [5.74, 6) is -2.59. The number of furan rings is 1. The minimum atomic E-state index is -3.33. The monoisotopic (exact) mass is 910 g/mol. The lowest BCUT2D eigenvalue weighted by atomic mass is 9.77. The SMILES string of the molecule is [2H]c1cc2c(oc3c(-c4cc(F)c(C([2H])([2H])C([2H])([2H])c5cc(C([2H])([2H])C(C)(C)c6ccc(-c7ccccc7)nc6)cc(C([2H])([2H])C(C)(C)c6ccc(-c7ccccc7)nc6)c5)cn4)cccc32)c(-c2c([2H])c([2H])c(C([2H])([2H])[2H])c([2H])c2[2H])c1F. The molecule has 6 aromatic carbocycles. The molecule has 4 nitrogen and oxygen atoms in total. The van der Waals surface area contributed by atoms with Gasteiger partial charge in [-0.1, -0.05) is 161 Å². The average molecular weight is 910 g/mol. The van der Waals surface area contributed by atoms with Crippen LogP contribution >= 0.6 is 0 Å². The number of aromatic nitrogens is 3. The molecule has 0 saturated heterocycles. The Hall–Kier alpha value is -7.57. The highest BCUT2D eigenvalue weighted by molar-refractivity contribution is 6.12. The van der Waals surface area contributed by atoms with E-state index in [9.17, 15) is 11.0 Å². The molecule has 336 valence electrons. The lowest BCUT2D eigenvalue weighted by Gasteiger charge is -2.28. The molecule has 4 heterocycles. The van der Waals surface area contributed by atoms with E-state index in [1.54, 1.807) is 64.4 Å². The number of aryl methyl sites for hydroxylation is 2. The van der Waals surface area contributed by atoms with Gasteiger partial charge in [0.05, 0.1) is 29.5 Å². The first kappa shape index (κ1) is 29.2. The molecular formula is C62H53F2N3O. The summed E-state index contributed by atoms with van der Waals surface area (Å²) in [4.78, 5) is 13.7. The molecule has 0 atom stereocenters. The minimum absolute atomic E-state index is 0.0368. The van der Waals surface area contributed by atoms with E-state index in [1.807, 2.05) is 60.7 Å². The van der Waals surface area contributed by atoms with Crippen molar-refractivity contribution in [2.45, 2.75) is 70.9 Å². The molecule has 0 bridgehead atoms. The number of nitrogens with zero attached hydrogens (tertiary/aromatic N) is 3. The van der Waals surface area contributed by atoms with Crippen molar-refractivity contribution in [2.24, 2.45) is 0 Å². The standard InChI is InChI=1S/C62H53F2N3O/c1-40-19-22-46(23-20-40)58-53(63)28-27-51-50-17-12-18-52(59(50)68-60(51)58)57-34-54(64)47(37-65-57)24-21-41-31-42(35-61(2,3)48-25-29-55(66-38-48)44-13-8-6-9-14-44)33-43(32-41)36-62(4,5)49-26-30-56(67-39-49)45-15-10-7-11-16-45/h6-20,22-23,25-34,37-39H,21,24,35-36H2,1-5H3/i1D3,19D,20D,21D2,22D,23D,24D2,28D,35D2,36D2. The molecule has 4 aromatic heterocycles. The third kappa shape index (κ3) is 9.11. The quantitative estimate of drug-likeness (QED) is 0.116. The van der Waals surface area contributed by atoms with Crippen molar-refractivity contribution in [1.29, 1.82) is 0 Å². The van der Waals surface area contributed by atoms with Crippen LogP contribution in [0.5, 0.6) is 0 Å². The van der Waals surface area contributed by atoms with Crippen molar-refractivity contribution in [3.63, 3.8) is 0 Å². The van der Waals surface area contributed by atoms with Crippen LogP contribution in [-0.2, 0) is 36.3 Å². The maximum Gasteiger partial charge on any atom is 0.146 e. The van der Waals surface area contributed by atoms with Gasteiger partial charge in [0.15, 0.2) is 0 Å². The summed E-state index contributed by atoms with van der Waals surface area (Å²) in [6, 6.07) is 31.3. The van der Waals surface area contributed by atoms with E-state index < -0.39 is 113 Å². The van der Waals surface area contributed by atoms with Crippen molar-refractivity contribution < 1.29 is 35.1 Å². The number of benzene rings is 6. The van der Waals surface area contributed by atoms with E-state index >= 15 is 8.78 Å². The maximum atomic E-state index is 17.1. The minimum Gasteiger partial charge on any atom is -0.455 e. The molecular weight excluding hydrogens is 841 g/mol. The maximum absolute atomic E-state index is 17.1. The Bertz CT molecular complexity index is 4050. The summed E-state index contributed by atoms with van der Waals surface area (Å²) < 4.78 is 184.